The quantitative estimate of drug-likeness (QED) is 0.0873. The molecule has 12 N–H and O–H groups in total. The van der Waals surface area contributed by atoms with E-state index in [1.165, 1.54) is 24.3 Å². The summed E-state index contributed by atoms with van der Waals surface area (Å²) in [5, 5.41) is 34.7. The van der Waals surface area contributed by atoms with Gasteiger partial charge in [0, 0.05) is 25.7 Å². The van der Waals surface area contributed by atoms with Crippen LogP contribution in [0, 0.1) is 0 Å². The van der Waals surface area contributed by atoms with Crippen molar-refractivity contribution in [1.82, 2.24) is 16.0 Å². The third-order valence-electron chi connectivity index (χ3n) is 5.62. The van der Waals surface area contributed by atoms with Gasteiger partial charge in [-0.15, -0.1) is 0 Å². The second-order valence-electron chi connectivity index (χ2n) is 8.94. The SMILES string of the molecule is NC(=O)CC[C@H](NC(=O)[C@H](CCC(N)=O)NC(=O)[C@@H](N)CCC(=O)O)C(=O)N[C@@H](Cc1ccc(O)cc1)C(=O)O. The van der Waals surface area contributed by atoms with E-state index in [0.717, 1.165) is 0 Å². The van der Waals surface area contributed by atoms with Crippen molar-refractivity contribution in [3.05, 3.63) is 29.8 Å². The molecule has 1 aromatic carbocycles. The van der Waals surface area contributed by atoms with Gasteiger partial charge in [-0.3, -0.25) is 28.8 Å². The van der Waals surface area contributed by atoms with Gasteiger partial charge in [0.15, 0.2) is 0 Å². The molecule has 1 aromatic rings. The van der Waals surface area contributed by atoms with Gasteiger partial charge < -0.3 is 48.5 Å². The maximum Gasteiger partial charge on any atom is 0.326 e. The molecule has 0 bridgehead atoms. The lowest BCUT2D eigenvalue weighted by molar-refractivity contribution is -0.142. The number of carbonyl (C=O) groups excluding carboxylic acids is 5. The van der Waals surface area contributed by atoms with E-state index in [1.54, 1.807) is 0 Å². The van der Waals surface area contributed by atoms with E-state index in [9.17, 15) is 43.8 Å². The van der Waals surface area contributed by atoms with Crippen molar-refractivity contribution in [2.24, 2.45) is 17.2 Å². The minimum atomic E-state index is -1.48. The summed E-state index contributed by atoms with van der Waals surface area (Å²) in [7, 11) is 0. The summed E-state index contributed by atoms with van der Waals surface area (Å²) in [6, 6.07) is -0.0938. The number of benzene rings is 1. The van der Waals surface area contributed by atoms with Crippen molar-refractivity contribution < 1.29 is 48.9 Å². The molecule has 0 unspecified atom stereocenters. The van der Waals surface area contributed by atoms with Gasteiger partial charge in [-0.2, -0.15) is 0 Å². The van der Waals surface area contributed by atoms with E-state index in [0.29, 0.717) is 5.56 Å². The highest BCUT2D eigenvalue weighted by Gasteiger charge is 2.31. The summed E-state index contributed by atoms with van der Waals surface area (Å²) in [5.74, 6) is -7.10. The lowest BCUT2D eigenvalue weighted by Crippen LogP contribution is -2.57. The van der Waals surface area contributed by atoms with Crippen LogP contribution in [-0.2, 0) is 40.0 Å². The molecule has 1 rings (SSSR count). The van der Waals surface area contributed by atoms with Crippen LogP contribution in [0.2, 0.25) is 0 Å². The van der Waals surface area contributed by atoms with Crippen LogP contribution in [0.1, 0.15) is 44.1 Å². The van der Waals surface area contributed by atoms with E-state index in [1.807, 2.05) is 0 Å². The van der Waals surface area contributed by atoms with Crippen LogP contribution in [0.15, 0.2) is 24.3 Å². The first-order chi connectivity index (χ1) is 18.7. The summed E-state index contributed by atoms with van der Waals surface area (Å²) in [6.07, 6.45) is -2.19. The molecular weight excluding hydrogens is 532 g/mol. The van der Waals surface area contributed by atoms with Gasteiger partial charge >= 0.3 is 11.9 Å². The predicted molar refractivity (Wildman–Crippen MR) is 137 cm³/mol. The average molecular weight is 567 g/mol. The van der Waals surface area contributed by atoms with E-state index >= 15 is 0 Å². The van der Waals surface area contributed by atoms with E-state index < -0.39 is 72.1 Å². The number of primary amides is 2. The molecule has 0 aliphatic carbocycles. The maximum absolute atomic E-state index is 13.0. The molecule has 220 valence electrons. The number of aromatic hydroxyl groups is 1. The predicted octanol–water partition coefficient (Wildman–Crippen LogP) is -2.80. The number of aliphatic carboxylic acids is 2. The summed E-state index contributed by atoms with van der Waals surface area (Å²) in [5.41, 5.74) is 16.4. The van der Waals surface area contributed by atoms with Gasteiger partial charge in [-0.05, 0) is 37.0 Å². The summed E-state index contributed by atoms with van der Waals surface area (Å²) >= 11 is 0. The Morgan fingerprint density at radius 3 is 1.55 bits per heavy atom. The summed E-state index contributed by atoms with van der Waals surface area (Å²) in [4.78, 5) is 83.6. The molecule has 0 aliphatic rings. The monoisotopic (exact) mass is 566 g/mol. The minimum absolute atomic E-state index is 0.0466. The standard InChI is InChI=1S/C24H34N6O10/c25-14(5-10-20(34)35)21(36)28-15(6-8-18(26)32)22(37)29-16(7-9-19(27)33)23(38)30-17(24(39)40)11-12-1-3-13(31)4-2-12/h1-4,14-17,31H,5-11,25H2,(H2,26,32)(H2,27,33)(H,28,36)(H,29,37)(H,30,38)(H,34,35)(H,39,40)/t14-,15-,16-,17-/m0/s1. The first-order valence-corrected chi connectivity index (χ1v) is 12.1. The maximum atomic E-state index is 13.0. The van der Waals surface area contributed by atoms with E-state index in [4.69, 9.17) is 22.3 Å². The molecule has 0 saturated carbocycles. The molecule has 16 nitrogen and oxygen atoms in total. The van der Waals surface area contributed by atoms with E-state index in [-0.39, 0.29) is 44.3 Å². The van der Waals surface area contributed by atoms with Crippen LogP contribution >= 0.6 is 0 Å². The molecule has 5 amide bonds. The normalized spacial score (nSPS) is 13.6. The Morgan fingerprint density at radius 2 is 1.12 bits per heavy atom. The molecule has 0 saturated heterocycles. The fourth-order valence-electron chi connectivity index (χ4n) is 3.41. The molecule has 40 heavy (non-hydrogen) atoms. The topological polar surface area (TPSA) is 294 Å². The smallest absolute Gasteiger partial charge is 0.326 e. The lowest BCUT2D eigenvalue weighted by atomic mass is 10.0. The minimum Gasteiger partial charge on any atom is -0.508 e. The number of phenolic OH excluding ortho intramolecular Hbond substituents is 1. The highest BCUT2D eigenvalue weighted by Crippen LogP contribution is 2.12. The lowest BCUT2D eigenvalue weighted by Gasteiger charge is -2.25. The number of phenols is 1. The van der Waals surface area contributed by atoms with Crippen LogP contribution in [-0.4, -0.2) is 81.0 Å². The number of nitrogens with two attached hydrogens (primary N) is 3. The van der Waals surface area contributed by atoms with Crippen molar-refractivity contribution in [3.63, 3.8) is 0 Å². The van der Waals surface area contributed by atoms with Crippen LogP contribution < -0.4 is 33.2 Å². The number of hydrogen-bond donors (Lipinski definition) is 9. The largest absolute Gasteiger partial charge is 0.508 e. The molecular formula is C24H34N6O10. The van der Waals surface area contributed by atoms with Crippen molar-refractivity contribution in [2.75, 3.05) is 0 Å². The molecule has 4 atom stereocenters. The Kier molecular flexibility index (Phi) is 13.6. The van der Waals surface area contributed by atoms with Crippen molar-refractivity contribution in [3.8, 4) is 5.75 Å². The van der Waals surface area contributed by atoms with Crippen molar-refractivity contribution in [2.45, 2.75) is 69.1 Å². The van der Waals surface area contributed by atoms with Crippen molar-refractivity contribution >= 4 is 41.5 Å². The van der Waals surface area contributed by atoms with Gasteiger partial charge in [-0.1, -0.05) is 12.1 Å². The molecule has 16 heteroatoms. The molecule has 0 aliphatic heterocycles. The Hall–Kier alpha value is -4.73. The Balaban J connectivity index is 3.07. The van der Waals surface area contributed by atoms with Gasteiger partial charge in [0.25, 0.3) is 0 Å². The summed E-state index contributed by atoms with van der Waals surface area (Å²) < 4.78 is 0. The van der Waals surface area contributed by atoms with Gasteiger partial charge in [0.05, 0.1) is 6.04 Å². The Bertz CT molecular complexity index is 1090. The van der Waals surface area contributed by atoms with Gasteiger partial charge in [0.2, 0.25) is 29.5 Å². The summed E-state index contributed by atoms with van der Waals surface area (Å²) in [6.45, 7) is 0. The van der Waals surface area contributed by atoms with Crippen LogP contribution in [0.4, 0.5) is 0 Å². The zero-order chi connectivity index (χ0) is 30.4. The number of carboxylic acid groups (broad SMARTS) is 2. The van der Waals surface area contributed by atoms with Crippen LogP contribution in [0.25, 0.3) is 0 Å². The first-order valence-electron chi connectivity index (χ1n) is 12.1. The Morgan fingerprint density at radius 1 is 0.675 bits per heavy atom. The number of hydrogen-bond acceptors (Lipinski definition) is 9. The van der Waals surface area contributed by atoms with Gasteiger partial charge in [-0.25, -0.2) is 4.79 Å². The molecule has 0 fully saturated rings. The fraction of sp³-hybridized carbons (Fsp3) is 0.458. The zero-order valence-electron chi connectivity index (χ0n) is 21.5. The number of nitrogens with one attached hydrogen (secondary N) is 3. The molecule has 0 aromatic heterocycles. The fourth-order valence-corrected chi connectivity index (χ4v) is 3.41. The third-order valence-corrected chi connectivity index (χ3v) is 5.62. The highest BCUT2D eigenvalue weighted by molar-refractivity contribution is 5.94. The van der Waals surface area contributed by atoms with Crippen LogP contribution in [0.3, 0.4) is 0 Å². The highest BCUT2D eigenvalue weighted by atomic mass is 16.4. The molecule has 0 spiro atoms. The molecule has 0 heterocycles. The zero-order valence-corrected chi connectivity index (χ0v) is 21.5. The van der Waals surface area contributed by atoms with E-state index in [2.05, 4.69) is 16.0 Å². The number of rotatable bonds is 18. The average Bonchev–Trinajstić information content (AvgIpc) is 2.87. The number of carbonyl (C=O) groups is 7. The van der Waals surface area contributed by atoms with Crippen LogP contribution in [0.5, 0.6) is 5.75 Å². The number of carboxylic acids is 2. The molecule has 0 radical (unpaired) electrons. The third kappa shape index (κ3) is 12.7. The van der Waals surface area contributed by atoms with Gasteiger partial charge in [0.1, 0.15) is 23.9 Å². The van der Waals surface area contributed by atoms with Crippen molar-refractivity contribution in [1.29, 1.82) is 0 Å². The number of amides is 5. The Labute approximate surface area is 228 Å². The second-order valence-corrected chi connectivity index (χ2v) is 8.94. The second kappa shape index (κ2) is 16.3. The first kappa shape index (κ1) is 33.3.